The van der Waals surface area contributed by atoms with E-state index in [1.807, 2.05) is 21.1 Å². The minimum atomic E-state index is -4.40. The Morgan fingerprint density at radius 1 is 0.567 bits per heavy atom. The minimum Gasteiger partial charge on any atom is -0.466 e. The Bertz CT molecular complexity index is 1630. The van der Waals surface area contributed by atoms with Crippen molar-refractivity contribution in [2.75, 3.05) is 47.5 Å². The van der Waals surface area contributed by atoms with Gasteiger partial charge in [-0.15, -0.1) is 0 Å². The van der Waals surface area contributed by atoms with Crippen molar-refractivity contribution in [3.05, 3.63) is 45.8 Å². The number of unbranched alkanes of at least 4 members (excludes halogenated alkanes) is 22. The first-order valence-corrected chi connectivity index (χ1v) is 28.6. The van der Waals surface area contributed by atoms with Crippen molar-refractivity contribution in [2.45, 2.75) is 246 Å². The van der Waals surface area contributed by atoms with Gasteiger partial charge >= 0.3 is 19.8 Å². The molecule has 12 heteroatoms. The van der Waals surface area contributed by atoms with Crippen LogP contribution < -0.4 is 0 Å². The number of quaternary nitrogens is 1. The molecular formula is C55H99NO10P+. The third-order valence-corrected chi connectivity index (χ3v) is 14.0. The number of rotatable bonds is 44. The smallest absolute Gasteiger partial charge is 0.466 e. The Balaban J connectivity index is 1.58. The second kappa shape index (κ2) is 36.5. The number of hydrogen-bond acceptors (Lipinski definition) is 9. The second-order valence-corrected chi connectivity index (χ2v) is 21.9. The molecule has 0 bridgehead atoms. The van der Waals surface area contributed by atoms with Gasteiger partial charge in [-0.25, -0.2) is 4.57 Å². The molecule has 11 nitrogen and oxygen atoms in total. The van der Waals surface area contributed by atoms with Crippen LogP contribution in [0.2, 0.25) is 0 Å². The summed E-state index contributed by atoms with van der Waals surface area (Å²) in [7, 11) is 1.45. The van der Waals surface area contributed by atoms with Crippen molar-refractivity contribution >= 4 is 19.8 Å². The number of ether oxygens (including phenoxy) is 2. The first-order valence-electron chi connectivity index (χ1n) is 27.1. The Morgan fingerprint density at radius 3 is 1.49 bits per heavy atom. The number of esters is 2. The highest BCUT2D eigenvalue weighted by atomic mass is 31.2. The topological polar surface area (TPSA) is 135 Å². The molecule has 2 heterocycles. The fourth-order valence-electron chi connectivity index (χ4n) is 8.45. The molecule has 2 aromatic rings. The van der Waals surface area contributed by atoms with E-state index in [-0.39, 0.29) is 32.0 Å². The molecule has 0 amide bonds. The van der Waals surface area contributed by atoms with E-state index in [9.17, 15) is 19.0 Å². The minimum absolute atomic E-state index is 0.0234. The van der Waals surface area contributed by atoms with Crippen molar-refractivity contribution in [1.82, 2.24) is 0 Å². The average Bonchev–Trinajstić information content (AvgIpc) is 3.77. The van der Waals surface area contributed by atoms with E-state index >= 15 is 0 Å². The zero-order valence-corrected chi connectivity index (χ0v) is 45.0. The van der Waals surface area contributed by atoms with Gasteiger partial charge in [0.05, 0.1) is 27.7 Å². The Morgan fingerprint density at radius 2 is 1.00 bits per heavy atom. The van der Waals surface area contributed by atoms with E-state index in [1.54, 1.807) is 0 Å². The van der Waals surface area contributed by atoms with Crippen molar-refractivity contribution in [3.63, 3.8) is 0 Å². The monoisotopic (exact) mass is 965 g/mol. The molecule has 0 aliphatic rings. The zero-order valence-electron chi connectivity index (χ0n) is 44.1. The van der Waals surface area contributed by atoms with Crippen LogP contribution >= 0.6 is 7.82 Å². The van der Waals surface area contributed by atoms with E-state index in [4.69, 9.17) is 27.4 Å². The van der Waals surface area contributed by atoms with E-state index in [0.29, 0.717) is 17.4 Å². The van der Waals surface area contributed by atoms with Gasteiger partial charge in [-0.3, -0.25) is 18.6 Å². The molecule has 0 aliphatic heterocycles. The molecule has 0 saturated heterocycles. The van der Waals surface area contributed by atoms with Gasteiger partial charge < -0.3 is 27.7 Å². The SMILES string of the molecule is CCCCCc1cc(C)c(CCCCCCCCCCCCC(=O)OC(COC(=O)CCCCCCCCCCCCc2oc(CCCCC)c(C)c2C)COP(=O)(O)OCC[N+](C)(C)C)o1. The molecule has 2 atom stereocenters. The van der Waals surface area contributed by atoms with Crippen molar-refractivity contribution in [3.8, 4) is 0 Å². The van der Waals surface area contributed by atoms with Crippen LogP contribution in [0.4, 0.5) is 0 Å². The molecule has 0 spiro atoms. The number of phosphoric ester groups is 1. The summed E-state index contributed by atoms with van der Waals surface area (Å²) in [6, 6.07) is 2.23. The molecule has 67 heavy (non-hydrogen) atoms. The molecule has 2 aromatic heterocycles. The van der Waals surface area contributed by atoms with Crippen LogP contribution in [0.5, 0.6) is 0 Å². The van der Waals surface area contributed by atoms with Gasteiger partial charge in [0.25, 0.3) is 0 Å². The lowest BCUT2D eigenvalue weighted by atomic mass is 10.0. The average molecular weight is 965 g/mol. The fraction of sp³-hybridized carbons (Fsp3) is 0.818. The lowest BCUT2D eigenvalue weighted by molar-refractivity contribution is -0.870. The summed E-state index contributed by atoms with van der Waals surface area (Å²) >= 11 is 0. The van der Waals surface area contributed by atoms with E-state index < -0.39 is 26.5 Å². The second-order valence-electron chi connectivity index (χ2n) is 20.4. The normalized spacial score (nSPS) is 13.3. The highest BCUT2D eigenvalue weighted by molar-refractivity contribution is 7.47. The zero-order chi connectivity index (χ0) is 49.2. The lowest BCUT2D eigenvalue weighted by Gasteiger charge is -2.24. The van der Waals surface area contributed by atoms with Gasteiger partial charge in [0.1, 0.15) is 42.8 Å². The number of carbonyl (C=O) groups is 2. The Kier molecular flexibility index (Phi) is 33.1. The van der Waals surface area contributed by atoms with Crippen molar-refractivity contribution < 1.29 is 50.9 Å². The van der Waals surface area contributed by atoms with Gasteiger partial charge in [-0.05, 0) is 82.1 Å². The van der Waals surface area contributed by atoms with Crippen LogP contribution in [0.3, 0.4) is 0 Å². The highest BCUT2D eigenvalue weighted by Gasteiger charge is 2.27. The van der Waals surface area contributed by atoms with E-state index in [1.165, 1.54) is 150 Å². The first kappa shape index (κ1) is 60.7. The molecule has 0 radical (unpaired) electrons. The summed E-state index contributed by atoms with van der Waals surface area (Å²) in [5.41, 5.74) is 4.00. The summed E-state index contributed by atoms with van der Waals surface area (Å²) in [6.45, 7) is 10.9. The molecule has 0 saturated carbocycles. The Labute approximate surface area is 408 Å². The Hall–Kier alpha value is -2.43. The fourth-order valence-corrected chi connectivity index (χ4v) is 9.19. The van der Waals surface area contributed by atoms with Crippen LogP contribution in [0.15, 0.2) is 14.9 Å². The quantitative estimate of drug-likeness (QED) is 0.0296. The molecule has 388 valence electrons. The third-order valence-electron chi connectivity index (χ3n) is 13.0. The first-order chi connectivity index (χ1) is 32.1. The summed E-state index contributed by atoms with van der Waals surface area (Å²) in [5, 5.41) is 0. The number of aryl methyl sites for hydroxylation is 5. The molecule has 2 unspecified atom stereocenters. The maximum Gasteiger partial charge on any atom is 0.472 e. The third kappa shape index (κ3) is 30.7. The number of hydrogen-bond donors (Lipinski definition) is 1. The number of phosphoric acid groups is 1. The molecule has 0 aliphatic carbocycles. The molecule has 0 aromatic carbocycles. The van der Waals surface area contributed by atoms with Gasteiger partial charge in [-0.1, -0.05) is 142 Å². The molecular weight excluding hydrogens is 866 g/mol. The van der Waals surface area contributed by atoms with Crippen LogP contribution in [-0.2, 0) is 58.4 Å². The molecule has 2 rings (SSSR count). The maximum absolute atomic E-state index is 12.8. The number of nitrogens with zero attached hydrogens (tertiary/aromatic N) is 1. The van der Waals surface area contributed by atoms with Crippen LogP contribution in [0.1, 0.15) is 233 Å². The molecule has 0 fully saturated rings. The maximum atomic E-state index is 12.8. The van der Waals surface area contributed by atoms with E-state index in [2.05, 4.69) is 40.7 Å². The predicted molar refractivity (Wildman–Crippen MR) is 273 cm³/mol. The predicted octanol–water partition coefficient (Wildman–Crippen LogP) is 14.9. The summed E-state index contributed by atoms with van der Waals surface area (Å²) in [5.74, 6) is 3.88. The largest absolute Gasteiger partial charge is 0.472 e. The summed E-state index contributed by atoms with van der Waals surface area (Å²) in [6.07, 6.45) is 33.5. The van der Waals surface area contributed by atoms with Crippen molar-refractivity contribution in [2.24, 2.45) is 0 Å². The molecule has 1 N–H and O–H groups in total. The van der Waals surface area contributed by atoms with Crippen LogP contribution in [0.25, 0.3) is 0 Å². The standard InChI is InChI=1S/C55H98NO10P/c1-9-11-29-35-49-43-46(3)51(64-49)36-31-25-21-17-13-16-20-24-28-34-40-55(58)65-50(45-63-67(59,60)62-42-41-56(6,7)8)44-61-54(57)39-33-27-23-19-15-14-18-22-26-32-38-53-48(5)47(4)52(66-53)37-30-12-10-2/h43,50H,9-42,44-45H2,1-8H3/p+1. The summed E-state index contributed by atoms with van der Waals surface area (Å²) in [4.78, 5) is 35.8. The lowest BCUT2D eigenvalue weighted by Crippen LogP contribution is -2.37. The highest BCUT2D eigenvalue weighted by Crippen LogP contribution is 2.43. The summed E-state index contributed by atoms with van der Waals surface area (Å²) < 4.78 is 47.0. The van der Waals surface area contributed by atoms with Gasteiger partial charge in [-0.2, -0.15) is 0 Å². The van der Waals surface area contributed by atoms with Crippen LogP contribution in [-0.4, -0.2) is 74.9 Å². The number of carbonyl (C=O) groups excluding carboxylic acids is 2. The number of furan rings is 2. The van der Waals surface area contributed by atoms with Gasteiger partial charge in [0, 0.05) is 38.5 Å². The van der Waals surface area contributed by atoms with E-state index in [0.717, 1.165) is 76.4 Å². The number of likely N-dealkylation sites (N-methyl/N-ethyl adjacent to an activating group) is 1. The van der Waals surface area contributed by atoms with Crippen LogP contribution in [0, 0.1) is 20.8 Å². The van der Waals surface area contributed by atoms with Gasteiger partial charge in [0.2, 0.25) is 0 Å². The van der Waals surface area contributed by atoms with Gasteiger partial charge in [0.15, 0.2) is 6.10 Å². The van der Waals surface area contributed by atoms with Crippen molar-refractivity contribution in [1.29, 1.82) is 0 Å².